The van der Waals surface area contributed by atoms with E-state index in [0.717, 1.165) is 16.8 Å². The van der Waals surface area contributed by atoms with Crippen molar-refractivity contribution in [1.29, 1.82) is 0 Å². The Hall–Kier alpha value is -0.290. The smallest absolute Gasteiger partial charge is 0.118 e. The van der Waals surface area contributed by atoms with Gasteiger partial charge in [-0.2, -0.15) is 0 Å². The normalized spacial score (nSPS) is 12.5. The van der Waals surface area contributed by atoms with Crippen molar-refractivity contribution >= 4 is 22.6 Å². The molecule has 0 aromatic heterocycles. The van der Waals surface area contributed by atoms with Gasteiger partial charge < -0.3 is 9.47 Å². The van der Waals surface area contributed by atoms with Gasteiger partial charge >= 0.3 is 0 Å². The highest BCUT2D eigenvalue weighted by Gasteiger charge is 2.00. The Morgan fingerprint density at radius 1 is 1.27 bits per heavy atom. The van der Waals surface area contributed by atoms with Crippen LogP contribution in [0.4, 0.5) is 0 Å². The summed E-state index contributed by atoms with van der Waals surface area (Å²) in [5, 5.41) is 0. The maximum absolute atomic E-state index is 5.60. The van der Waals surface area contributed by atoms with Gasteiger partial charge in [-0.1, -0.05) is 41.6 Å². The van der Waals surface area contributed by atoms with Gasteiger partial charge in [0.05, 0.1) is 20.3 Å². The molecule has 1 aromatic rings. The van der Waals surface area contributed by atoms with E-state index in [1.54, 1.807) is 7.11 Å². The molecule has 2 nitrogen and oxygen atoms in total. The topological polar surface area (TPSA) is 18.5 Å². The van der Waals surface area contributed by atoms with E-state index in [9.17, 15) is 0 Å². The van der Waals surface area contributed by atoms with Crippen molar-refractivity contribution in [2.75, 3.05) is 18.1 Å². The lowest BCUT2D eigenvalue weighted by atomic mass is 10.2. The summed E-state index contributed by atoms with van der Waals surface area (Å²) in [6.07, 6.45) is 0. The Morgan fingerprint density at radius 2 is 1.93 bits per heavy atom. The Morgan fingerprint density at radius 3 is 2.47 bits per heavy atom. The van der Waals surface area contributed by atoms with Crippen molar-refractivity contribution in [3.05, 3.63) is 29.8 Å². The molecule has 84 valence electrons. The van der Waals surface area contributed by atoms with Gasteiger partial charge in [-0.3, -0.25) is 0 Å². The Kier molecular flexibility index (Phi) is 6.02. The van der Waals surface area contributed by atoms with E-state index >= 15 is 0 Å². The standard InChI is InChI=1S/C12H17IO2/c1-10(7-13)8-15-9-11-3-5-12(14-2)6-4-11/h3-6,10H,7-9H2,1-2H3/t10-/m1/s1. The molecule has 0 aliphatic rings. The third-order valence-corrected chi connectivity index (χ3v) is 3.60. The Bertz CT molecular complexity index is 271. The molecule has 15 heavy (non-hydrogen) atoms. The minimum absolute atomic E-state index is 0.629. The lowest BCUT2D eigenvalue weighted by molar-refractivity contribution is 0.0989. The first-order chi connectivity index (χ1) is 7.26. The molecule has 1 aromatic carbocycles. The SMILES string of the molecule is COc1ccc(COC[C@H](C)CI)cc1. The molecular formula is C12H17IO2. The van der Waals surface area contributed by atoms with Gasteiger partial charge in [0.2, 0.25) is 0 Å². The number of hydrogen-bond acceptors (Lipinski definition) is 2. The molecule has 0 saturated carbocycles. The van der Waals surface area contributed by atoms with Crippen LogP contribution in [0.1, 0.15) is 12.5 Å². The molecule has 0 aliphatic heterocycles. The van der Waals surface area contributed by atoms with Crippen molar-refractivity contribution in [3.63, 3.8) is 0 Å². The number of halogens is 1. The van der Waals surface area contributed by atoms with Crippen molar-refractivity contribution in [3.8, 4) is 5.75 Å². The maximum Gasteiger partial charge on any atom is 0.118 e. The minimum Gasteiger partial charge on any atom is -0.497 e. The Labute approximate surface area is 105 Å². The average Bonchev–Trinajstić information content (AvgIpc) is 2.29. The van der Waals surface area contributed by atoms with Gasteiger partial charge in [0.15, 0.2) is 0 Å². The second-order valence-corrected chi connectivity index (χ2v) is 4.50. The molecule has 0 radical (unpaired) electrons. The van der Waals surface area contributed by atoms with Gasteiger partial charge in [0.1, 0.15) is 5.75 Å². The van der Waals surface area contributed by atoms with E-state index < -0.39 is 0 Å². The molecular weight excluding hydrogens is 303 g/mol. The molecule has 0 spiro atoms. The highest BCUT2D eigenvalue weighted by Crippen LogP contribution is 2.12. The van der Waals surface area contributed by atoms with E-state index in [1.807, 2.05) is 24.3 Å². The highest BCUT2D eigenvalue weighted by atomic mass is 127. The summed E-state index contributed by atoms with van der Waals surface area (Å²) in [5.41, 5.74) is 1.19. The number of ether oxygens (including phenoxy) is 2. The van der Waals surface area contributed by atoms with Gasteiger partial charge in [-0.05, 0) is 23.6 Å². The van der Waals surface area contributed by atoms with Crippen molar-refractivity contribution in [2.24, 2.45) is 5.92 Å². The highest BCUT2D eigenvalue weighted by molar-refractivity contribution is 14.1. The van der Waals surface area contributed by atoms with Crippen LogP contribution >= 0.6 is 22.6 Å². The zero-order chi connectivity index (χ0) is 11.1. The van der Waals surface area contributed by atoms with Crippen LogP contribution in [0, 0.1) is 5.92 Å². The van der Waals surface area contributed by atoms with E-state index in [1.165, 1.54) is 5.56 Å². The van der Waals surface area contributed by atoms with E-state index in [4.69, 9.17) is 9.47 Å². The third kappa shape index (κ3) is 4.84. The quantitative estimate of drug-likeness (QED) is 0.591. The first-order valence-corrected chi connectivity index (χ1v) is 6.55. The first kappa shape index (κ1) is 12.8. The maximum atomic E-state index is 5.60. The summed E-state index contributed by atoms with van der Waals surface area (Å²) in [6, 6.07) is 7.99. The van der Waals surface area contributed by atoms with E-state index in [2.05, 4.69) is 29.5 Å². The van der Waals surface area contributed by atoms with Crippen LogP contribution in [-0.4, -0.2) is 18.1 Å². The molecule has 0 unspecified atom stereocenters. The summed E-state index contributed by atoms with van der Waals surface area (Å²) in [7, 11) is 1.67. The zero-order valence-corrected chi connectivity index (χ0v) is 11.4. The predicted octanol–water partition coefficient (Wildman–Crippen LogP) is 3.28. The molecule has 1 rings (SSSR count). The largest absolute Gasteiger partial charge is 0.497 e. The van der Waals surface area contributed by atoms with Gasteiger partial charge in [-0.15, -0.1) is 0 Å². The molecule has 0 N–H and O–H groups in total. The number of rotatable bonds is 6. The summed E-state index contributed by atoms with van der Waals surface area (Å²) >= 11 is 2.38. The fourth-order valence-electron chi connectivity index (χ4n) is 1.14. The minimum atomic E-state index is 0.629. The fourth-order valence-corrected chi connectivity index (χ4v) is 1.40. The van der Waals surface area contributed by atoms with Crippen LogP contribution in [0.25, 0.3) is 0 Å². The molecule has 0 aliphatic carbocycles. The summed E-state index contributed by atoms with van der Waals surface area (Å²) < 4.78 is 11.8. The molecule has 0 fully saturated rings. The molecule has 0 saturated heterocycles. The monoisotopic (exact) mass is 320 g/mol. The van der Waals surface area contributed by atoms with Gasteiger partial charge in [-0.25, -0.2) is 0 Å². The average molecular weight is 320 g/mol. The first-order valence-electron chi connectivity index (χ1n) is 5.03. The van der Waals surface area contributed by atoms with Crippen LogP contribution in [0.3, 0.4) is 0 Å². The molecule has 3 heteroatoms. The van der Waals surface area contributed by atoms with Crippen LogP contribution < -0.4 is 4.74 Å². The van der Waals surface area contributed by atoms with Crippen LogP contribution in [0.15, 0.2) is 24.3 Å². The van der Waals surface area contributed by atoms with Crippen molar-refractivity contribution in [2.45, 2.75) is 13.5 Å². The fraction of sp³-hybridized carbons (Fsp3) is 0.500. The summed E-state index contributed by atoms with van der Waals surface area (Å²) in [5.74, 6) is 1.52. The van der Waals surface area contributed by atoms with Crippen LogP contribution in [-0.2, 0) is 11.3 Å². The van der Waals surface area contributed by atoms with E-state index in [-0.39, 0.29) is 0 Å². The lowest BCUT2D eigenvalue weighted by Crippen LogP contribution is -2.06. The molecule has 0 amide bonds. The molecule has 0 heterocycles. The summed E-state index contributed by atoms with van der Waals surface area (Å²) in [6.45, 7) is 3.71. The second-order valence-electron chi connectivity index (χ2n) is 3.62. The number of alkyl halides is 1. The number of methoxy groups -OCH3 is 1. The second kappa shape index (κ2) is 7.06. The van der Waals surface area contributed by atoms with Crippen molar-refractivity contribution in [1.82, 2.24) is 0 Å². The number of benzene rings is 1. The lowest BCUT2D eigenvalue weighted by Gasteiger charge is -2.09. The van der Waals surface area contributed by atoms with Crippen LogP contribution in [0.5, 0.6) is 5.75 Å². The Balaban J connectivity index is 2.31. The van der Waals surface area contributed by atoms with Crippen LogP contribution in [0.2, 0.25) is 0 Å². The summed E-state index contributed by atoms with van der Waals surface area (Å²) in [4.78, 5) is 0. The third-order valence-electron chi connectivity index (χ3n) is 2.09. The van der Waals surface area contributed by atoms with Crippen molar-refractivity contribution < 1.29 is 9.47 Å². The zero-order valence-electron chi connectivity index (χ0n) is 9.20. The molecule has 0 bridgehead atoms. The number of hydrogen-bond donors (Lipinski definition) is 0. The van der Waals surface area contributed by atoms with Gasteiger partial charge in [0, 0.05) is 4.43 Å². The van der Waals surface area contributed by atoms with E-state index in [0.29, 0.717) is 12.5 Å². The predicted molar refractivity (Wildman–Crippen MR) is 70.7 cm³/mol. The molecule has 1 atom stereocenters. The van der Waals surface area contributed by atoms with Gasteiger partial charge in [0.25, 0.3) is 0 Å².